The van der Waals surface area contributed by atoms with Gasteiger partial charge in [0.05, 0.1) is 0 Å². The van der Waals surface area contributed by atoms with Crippen molar-refractivity contribution in [3.05, 3.63) is 36.0 Å². The normalized spacial score (nSPS) is 17.8. The second-order valence-corrected chi connectivity index (χ2v) is 4.19. The van der Waals surface area contributed by atoms with E-state index in [9.17, 15) is 0 Å². The minimum atomic E-state index is 0.617. The molecule has 0 aliphatic heterocycles. The van der Waals surface area contributed by atoms with Gasteiger partial charge in [0.25, 0.3) is 0 Å². The van der Waals surface area contributed by atoms with E-state index < -0.39 is 0 Å². The lowest BCUT2D eigenvalue weighted by atomic mass is 9.88. The molecule has 0 aromatic rings. The van der Waals surface area contributed by atoms with Crippen LogP contribution in [0, 0.1) is 11.8 Å². The Morgan fingerprint density at radius 1 is 1.29 bits per heavy atom. The zero-order chi connectivity index (χ0) is 11.1. The maximum Gasteiger partial charge on any atom is -0.0144 e. The van der Waals surface area contributed by atoms with E-state index in [1.807, 2.05) is 6.08 Å². The molecule has 2 atom stereocenters. The van der Waals surface area contributed by atoms with E-state index in [0.29, 0.717) is 11.8 Å². The monoisotopic (exact) mass is 192 g/mol. The van der Waals surface area contributed by atoms with Gasteiger partial charge in [0, 0.05) is 0 Å². The molecule has 0 saturated heterocycles. The van der Waals surface area contributed by atoms with Crippen LogP contribution in [0.15, 0.2) is 36.0 Å². The highest BCUT2D eigenvalue weighted by Gasteiger charge is 2.10. The zero-order valence-corrected chi connectivity index (χ0v) is 10.3. The Balaban J connectivity index is 4.39. The molecular weight excluding hydrogens is 168 g/mol. The molecule has 0 fully saturated rings. The van der Waals surface area contributed by atoms with Crippen LogP contribution < -0.4 is 0 Å². The highest BCUT2D eigenvalue weighted by atomic mass is 14.2. The van der Waals surface area contributed by atoms with Gasteiger partial charge in [-0.05, 0) is 39.0 Å². The Labute approximate surface area is 89.4 Å². The van der Waals surface area contributed by atoms with E-state index in [1.54, 1.807) is 0 Å². The molecule has 0 heteroatoms. The largest absolute Gasteiger partial charge is 0.103 e. The van der Waals surface area contributed by atoms with Crippen LogP contribution in [-0.4, -0.2) is 0 Å². The predicted molar refractivity (Wildman–Crippen MR) is 66.3 cm³/mol. The van der Waals surface area contributed by atoms with Crippen molar-refractivity contribution in [2.45, 2.75) is 41.0 Å². The molecule has 0 rings (SSSR count). The number of allylic oxidation sites excluding steroid dienone is 5. The molecule has 14 heavy (non-hydrogen) atoms. The predicted octanol–water partition coefficient (Wildman–Crippen LogP) is 4.75. The van der Waals surface area contributed by atoms with Crippen molar-refractivity contribution < 1.29 is 0 Å². The molecule has 0 aliphatic rings. The van der Waals surface area contributed by atoms with Gasteiger partial charge in [-0.1, -0.05) is 43.2 Å². The van der Waals surface area contributed by atoms with Crippen LogP contribution in [0.1, 0.15) is 41.0 Å². The quantitative estimate of drug-likeness (QED) is 0.551. The van der Waals surface area contributed by atoms with Gasteiger partial charge in [-0.15, -0.1) is 6.58 Å². The van der Waals surface area contributed by atoms with Gasteiger partial charge in [0.2, 0.25) is 0 Å². The van der Waals surface area contributed by atoms with Gasteiger partial charge < -0.3 is 0 Å². The molecule has 0 radical (unpaired) electrons. The topological polar surface area (TPSA) is 0 Å². The fourth-order valence-corrected chi connectivity index (χ4v) is 1.57. The van der Waals surface area contributed by atoms with Crippen LogP contribution in [0.5, 0.6) is 0 Å². The SMILES string of the molecule is C=CC/C(C)=C/C(C)C(C)/C(C)=C/C. The molecule has 0 N–H and O–H groups in total. The molecule has 2 unspecified atom stereocenters. The first-order valence-corrected chi connectivity index (χ1v) is 5.43. The summed E-state index contributed by atoms with van der Waals surface area (Å²) in [6.45, 7) is 14.8. The first kappa shape index (κ1) is 13.2. The van der Waals surface area contributed by atoms with Gasteiger partial charge in [-0.25, -0.2) is 0 Å². The van der Waals surface area contributed by atoms with Crippen LogP contribution in [0.3, 0.4) is 0 Å². The summed E-state index contributed by atoms with van der Waals surface area (Å²) in [5.74, 6) is 1.26. The average molecular weight is 192 g/mol. The Bertz CT molecular complexity index is 230. The van der Waals surface area contributed by atoms with Crippen LogP contribution in [0.25, 0.3) is 0 Å². The minimum absolute atomic E-state index is 0.617. The Kier molecular flexibility index (Phi) is 6.27. The van der Waals surface area contributed by atoms with E-state index in [-0.39, 0.29) is 0 Å². The van der Waals surface area contributed by atoms with Crippen LogP contribution in [0.4, 0.5) is 0 Å². The summed E-state index contributed by atoms with van der Waals surface area (Å²) in [5.41, 5.74) is 2.89. The zero-order valence-electron chi connectivity index (χ0n) is 10.3. The number of hydrogen-bond acceptors (Lipinski definition) is 0. The van der Waals surface area contributed by atoms with Crippen LogP contribution >= 0.6 is 0 Å². The maximum absolute atomic E-state index is 3.75. The first-order valence-electron chi connectivity index (χ1n) is 5.43. The average Bonchev–Trinajstić information content (AvgIpc) is 2.15. The van der Waals surface area contributed by atoms with Crippen molar-refractivity contribution in [2.75, 3.05) is 0 Å². The molecule has 0 amide bonds. The number of rotatable bonds is 5. The molecular formula is C14H24. The van der Waals surface area contributed by atoms with Gasteiger partial charge in [0.15, 0.2) is 0 Å². The molecule has 0 bridgehead atoms. The fourth-order valence-electron chi connectivity index (χ4n) is 1.57. The van der Waals surface area contributed by atoms with Crippen LogP contribution in [0.2, 0.25) is 0 Å². The van der Waals surface area contributed by atoms with Gasteiger partial charge in [-0.2, -0.15) is 0 Å². The van der Waals surface area contributed by atoms with Crippen molar-refractivity contribution in [3.63, 3.8) is 0 Å². The summed E-state index contributed by atoms with van der Waals surface area (Å²) in [5, 5.41) is 0. The second kappa shape index (κ2) is 6.64. The highest BCUT2D eigenvalue weighted by Crippen LogP contribution is 2.22. The smallest absolute Gasteiger partial charge is 0.0144 e. The molecule has 0 aromatic heterocycles. The molecule has 0 aromatic carbocycles. The summed E-state index contributed by atoms with van der Waals surface area (Å²) in [4.78, 5) is 0. The third kappa shape index (κ3) is 4.45. The summed E-state index contributed by atoms with van der Waals surface area (Å²) in [7, 11) is 0. The third-order valence-electron chi connectivity index (χ3n) is 2.98. The fraction of sp³-hybridized carbons (Fsp3) is 0.571. The molecule has 0 spiro atoms. The van der Waals surface area contributed by atoms with E-state index in [0.717, 1.165) is 6.42 Å². The van der Waals surface area contributed by atoms with Crippen molar-refractivity contribution in [1.29, 1.82) is 0 Å². The van der Waals surface area contributed by atoms with E-state index in [4.69, 9.17) is 0 Å². The first-order chi connectivity index (χ1) is 6.52. The molecule has 80 valence electrons. The lowest BCUT2D eigenvalue weighted by Crippen LogP contribution is -2.07. The maximum atomic E-state index is 3.75. The van der Waals surface area contributed by atoms with Crippen molar-refractivity contribution in [2.24, 2.45) is 11.8 Å². The van der Waals surface area contributed by atoms with Crippen LogP contribution in [-0.2, 0) is 0 Å². The van der Waals surface area contributed by atoms with Gasteiger partial charge in [0.1, 0.15) is 0 Å². The van der Waals surface area contributed by atoms with Gasteiger partial charge >= 0.3 is 0 Å². The van der Waals surface area contributed by atoms with Gasteiger partial charge in [-0.3, -0.25) is 0 Å². The second-order valence-electron chi connectivity index (χ2n) is 4.19. The Hall–Kier alpha value is -0.780. The lowest BCUT2D eigenvalue weighted by molar-refractivity contribution is 0.525. The van der Waals surface area contributed by atoms with E-state index in [1.165, 1.54) is 11.1 Å². The van der Waals surface area contributed by atoms with E-state index >= 15 is 0 Å². The summed E-state index contributed by atoms with van der Waals surface area (Å²) in [6, 6.07) is 0. The summed E-state index contributed by atoms with van der Waals surface area (Å²) < 4.78 is 0. The Morgan fingerprint density at radius 3 is 2.29 bits per heavy atom. The standard InChI is InChI=1S/C14H24/c1-7-9-11(3)10-13(5)14(6)12(4)8-2/h7-8,10,13-14H,1,9H2,2-6H3/b11-10+,12-8+. The molecule has 0 aliphatic carbocycles. The summed E-state index contributed by atoms with van der Waals surface area (Å²) >= 11 is 0. The highest BCUT2D eigenvalue weighted by molar-refractivity contribution is 5.10. The molecule has 0 saturated carbocycles. The summed E-state index contributed by atoms with van der Waals surface area (Å²) in [6.07, 6.45) is 7.54. The van der Waals surface area contributed by atoms with Crippen molar-refractivity contribution in [3.8, 4) is 0 Å². The number of hydrogen-bond donors (Lipinski definition) is 0. The molecule has 0 nitrogen and oxygen atoms in total. The Morgan fingerprint density at radius 2 is 1.86 bits per heavy atom. The van der Waals surface area contributed by atoms with E-state index in [2.05, 4.69) is 53.3 Å². The molecule has 0 heterocycles. The third-order valence-corrected chi connectivity index (χ3v) is 2.98. The minimum Gasteiger partial charge on any atom is -0.103 e. The van der Waals surface area contributed by atoms with Crippen molar-refractivity contribution in [1.82, 2.24) is 0 Å². The lowest BCUT2D eigenvalue weighted by Gasteiger charge is -2.18. The van der Waals surface area contributed by atoms with Crippen molar-refractivity contribution >= 4 is 0 Å².